The average Bonchev–Trinajstić information content (AvgIpc) is 2.74. The van der Waals surface area contributed by atoms with Crippen LogP contribution < -0.4 is 10.1 Å². The van der Waals surface area contributed by atoms with E-state index in [1.54, 1.807) is 0 Å². The Labute approximate surface area is 110 Å². The SMILES string of the molecule is Cc1ccc(OCC(=O)Nc2nc(C)cs2)cc1. The van der Waals surface area contributed by atoms with Gasteiger partial charge in [0, 0.05) is 5.38 Å². The fraction of sp³-hybridized carbons (Fsp3) is 0.231. The molecule has 0 aliphatic rings. The quantitative estimate of drug-likeness (QED) is 0.921. The predicted molar refractivity (Wildman–Crippen MR) is 72.2 cm³/mol. The third-order valence-corrected chi connectivity index (χ3v) is 3.13. The fourth-order valence-electron chi connectivity index (χ4n) is 1.35. The van der Waals surface area contributed by atoms with E-state index in [1.807, 2.05) is 43.5 Å². The minimum atomic E-state index is -0.204. The number of nitrogens with zero attached hydrogens (tertiary/aromatic N) is 1. The van der Waals surface area contributed by atoms with Gasteiger partial charge in [-0.15, -0.1) is 11.3 Å². The molecule has 2 aromatic rings. The summed E-state index contributed by atoms with van der Waals surface area (Å²) in [6, 6.07) is 7.57. The molecule has 1 aromatic heterocycles. The Morgan fingerprint density at radius 3 is 2.67 bits per heavy atom. The zero-order chi connectivity index (χ0) is 13.0. The number of carbonyl (C=O) groups excluding carboxylic acids is 1. The maximum absolute atomic E-state index is 11.6. The van der Waals surface area contributed by atoms with Gasteiger partial charge in [0.25, 0.3) is 5.91 Å². The number of benzene rings is 1. The van der Waals surface area contributed by atoms with Crippen LogP contribution in [0.2, 0.25) is 0 Å². The standard InChI is InChI=1S/C13H14N2O2S/c1-9-3-5-11(6-4-9)17-7-12(16)15-13-14-10(2)8-18-13/h3-6,8H,7H2,1-2H3,(H,14,15,16). The van der Waals surface area contributed by atoms with Crippen molar-refractivity contribution in [2.75, 3.05) is 11.9 Å². The summed E-state index contributed by atoms with van der Waals surface area (Å²) in [6.07, 6.45) is 0. The van der Waals surface area contributed by atoms with Crippen molar-refractivity contribution in [3.8, 4) is 5.75 Å². The van der Waals surface area contributed by atoms with Gasteiger partial charge >= 0.3 is 0 Å². The first-order chi connectivity index (χ1) is 8.63. The highest BCUT2D eigenvalue weighted by Gasteiger charge is 2.06. The van der Waals surface area contributed by atoms with Gasteiger partial charge in [0.1, 0.15) is 5.75 Å². The molecule has 94 valence electrons. The van der Waals surface area contributed by atoms with Crippen LogP contribution in [0, 0.1) is 13.8 Å². The second-order valence-corrected chi connectivity index (χ2v) is 4.80. The second-order valence-electron chi connectivity index (χ2n) is 3.94. The molecule has 0 atom stereocenters. The van der Waals surface area contributed by atoms with Crippen molar-refractivity contribution in [1.82, 2.24) is 4.98 Å². The van der Waals surface area contributed by atoms with E-state index in [1.165, 1.54) is 11.3 Å². The lowest BCUT2D eigenvalue weighted by Crippen LogP contribution is -2.20. The number of aromatic nitrogens is 1. The van der Waals surface area contributed by atoms with E-state index in [4.69, 9.17) is 4.74 Å². The van der Waals surface area contributed by atoms with Gasteiger partial charge in [0.2, 0.25) is 0 Å². The molecule has 0 fully saturated rings. The average molecular weight is 262 g/mol. The Balaban J connectivity index is 1.83. The minimum absolute atomic E-state index is 0.0122. The van der Waals surface area contributed by atoms with Crippen LogP contribution in [0.5, 0.6) is 5.75 Å². The third kappa shape index (κ3) is 3.56. The van der Waals surface area contributed by atoms with E-state index in [-0.39, 0.29) is 12.5 Å². The first-order valence-electron chi connectivity index (χ1n) is 5.55. The Hall–Kier alpha value is -1.88. The van der Waals surface area contributed by atoms with Crippen molar-refractivity contribution in [2.45, 2.75) is 13.8 Å². The van der Waals surface area contributed by atoms with Gasteiger partial charge in [0.15, 0.2) is 11.7 Å². The van der Waals surface area contributed by atoms with Crippen LogP contribution >= 0.6 is 11.3 Å². The monoisotopic (exact) mass is 262 g/mol. The van der Waals surface area contributed by atoms with Crippen LogP contribution in [0.3, 0.4) is 0 Å². The van der Waals surface area contributed by atoms with Crippen LogP contribution in [-0.4, -0.2) is 17.5 Å². The molecule has 1 heterocycles. The van der Waals surface area contributed by atoms with Gasteiger partial charge < -0.3 is 4.74 Å². The summed E-state index contributed by atoms with van der Waals surface area (Å²) in [6.45, 7) is 3.87. The van der Waals surface area contributed by atoms with Gasteiger partial charge in [-0.05, 0) is 26.0 Å². The predicted octanol–water partition coefficient (Wildman–Crippen LogP) is 2.78. The molecule has 1 aromatic carbocycles. The van der Waals surface area contributed by atoms with Crippen molar-refractivity contribution in [2.24, 2.45) is 0 Å². The normalized spacial score (nSPS) is 10.1. The smallest absolute Gasteiger partial charge is 0.264 e. The Bertz CT molecular complexity index is 534. The largest absolute Gasteiger partial charge is 0.484 e. The summed E-state index contributed by atoms with van der Waals surface area (Å²) in [5.41, 5.74) is 2.06. The fourth-order valence-corrected chi connectivity index (χ4v) is 2.05. The molecule has 0 saturated carbocycles. The van der Waals surface area contributed by atoms with Crippen molar-refractivity contribution < 1.29 is 9.53 Å². The van der Waals surface area contributed by atoms with Crippen molar-refractivity contribution in [3.05, 3.63) is 40.9 Å². The molecular weight excluding hydrogens is 248 g/mol. The minimum Gasteiger partial charge on any atom is -0.484 e. The highest BCUT2D eigenvalue weighted by atomic mass is 32.1. The summed E-state index contributed by atoms with van der Waals surface area (Å²) < 4.78 is 5.37. The first-order valence-corrected chi connectivity index (χ1v) is 6.43. The maximum Gasteiger partial charge on any atom is 0.264 e. The molecule has 1 N–H and O–H groups in total. The van der Waals surface area contributed by atoms with Crippen molar-refractivity contribution in [3.63, 3.8) is 0 Å². The summed E-state index contributed by atoms with van der Waals surface area (Å²) in [7, 11) is 0. The van der Waals surface area contributed by atoms with Crippen molar-refractivity contribution in [1.29, 1.82) is 0 Å². The first kappa shape index (κ1) is 12.6. The number of hydrogen-bond donors (Lipinski definition) is 1. The lowest BCUT2D eigenvalue weighted by atomic mass is 10.2. The van der Waals surface area contributed by atoms with E-state index in [9.17, 15) is 4.79 Å². The Kier molecular flexibility index (Phi) is 3.94. The van der Waals surface area contributed by atoms with Gasteiger partial charge in [-0.25, -0.2) is 4.98 Å². The Morgan fingerprint density at radius 1 is 1.33 bits per heavy atom. The zero-order valence-electron chi connectivity index (χ0n) is 10.3. The van der Waals surface area contributed by atoms with Crippen molar-refractivity contribution >= 4 is 22.4 Å². The van der Waals surface area contributed by atoms with E-state index >= 15 is 0 Å². The number of rotatable bonds is 4. The maximum atomic E-state index is 11.6. The molecule has 1 amide bonds. The molecule has 5 heteroatoms. The molecular formula is C13H14N2O2S. The second kappa shape index (κ2) is 5.64. The molecule has 0 unspecified atom stereocenters. The van der Waals surface area contributed by atoms with Gasteiger partial charge in [-0.1, -0.05) is 17.7 Å². The highest BCUT2D eigenvalue weighted by Crippen LogP contribution is 2.15. The summed E-state index contributed by atoms with van der Waals surface area (Å²) >= 11 is 1.40. The third-order valence-electron chi connectivity index (χ3n) is 2.26. The molecule has 2 rings (SSSR count). The molecule has 0 aliphatic heterocycles. The molecule has 0 bridgehead atoms. The van der Waals surface area contributed by atoms with Crippen LogP contribution in [0.4, 0.5) is 5.13 Å². The van der Waals surface area contributed by atoms with Crippen LogP contribution in [0.15, 0.2) is 29.6 Å². The van der Waals surface area contributed by atoms with Crippen LogP contribution in [-0.2, 0) is 4.79 Å². The summed E-state index contributed by atoms with van der Waals surface area (Å²) in [4.78, 5) is 15.7. The molecule has 4 nitrogen and oxygen atoms in total. The number of thiazole rings is 1. The van der Waals surface area contributed by atoms with Gasteiger partial charge in [-0.3, -0.25) is 10.1 Å². The summed E-state index contributed by atoms with van der Waals surface area (Å²) in [5, 5.41) is 5.18. The number of hydrogen-bond acceptors (Lipinski definition) is 4. The number of aryl methyl sites for hydroxylation is 2. The topological polar surface area (TPSA) is 51.2 Å². The lowest BCUT2D eigenvalue weighted by molar-refractivity contribution is -0.118. The van der Waals surface area contributed by atoms with Crippen LogP contribution in [0.25, 0.3) is 0 Å². The van der Waals surface area contributed by atoms with E-state index in [0.29, 0.717) is 10.9 Å². The highest BCUT2D eigenvalue weighted by molar-refractivity contribution is 7.13. The van der Waals surface area contributed by atoms with E-state index in [0.717, 1.165) is 11.3 Å². The van der Waals surface area contributed by atoms with Crippen LogP contribution in [0.1, 0.15) is 11.3 Å². The van der Waals surface area contributed by atoms with Gasteiger partial charge in [-0.2, -0.15) is 0 Å². The Morgan fingerprint density at radius 2 is 2.06 bits per heavy atom. The van der Waals surface area contributed by atoms with Gasteiger partial charge in [0.05, 0.1) is 5.69 Å². The zero-order valence-corrected chi connectivity index (χ0v) is 11.1. The molecule has 0 spiro atoms. The van der Waals surface area contributed by atoms with E-state index < -0.39 is 0 Å². The number of nitrogens with one attached hydrogen (secondary N) is 1. The molecule has 0 saturated heterocycles. The number of ether oxygens (including phenoxy) is 1. The number of amides is 1. The lowest BCUT2D eigenvalue weighted by Gasteiger charge is -2.05. The molecule has 0 aliphatic carbocycles. The van der Waals surface area contributed by atoms with E-state index in [2.05, 4.69) is 10.3 Å². The number of carbonyl (C=O) groups is 1. The molecule has 0 radical (unpaired) electrons. The summed E-state index contributed by atoms with van der Waals surface area (Å²) in [5.74, 6) is 0.482. The molecule has 18 heavy (non-hydrogen) atoms. The number of anilines is 1.